The van der Waals surface area contributed by atoms with Crippen LogP contribution in [0.15, 0.2) is 24.5 Å². The van der Waals surface area contributed by atoms with Gasteiger partial charge >= 0.3 is 0 Å². The van der Waals surface area contributed by atoms with Gasteiger partial charge in [0.2, 0.25) is 0 Å². The van der Waals surface area contributed by atoms with E-state index in [1.54, 1.807) is 12.4 Å². The average Bonchev–Trinajstić information content (AvgIpc) is 2.39. The highest BCUT2D eigenvalue weighted by atomic mass is 16.1. The second kappa shape index (κ2) is 4.29. The lowest BCUT2D eigenvalue weighted by molar-refractivity contribution is 0.0971. The predicted molar refractivity (Wildman–Crippen MR) is 67.3 cm³/mol. The first kappa shape index (κ1) is 11.0. The van der Waals surface area contributed by atoms with Crippen molar-refractivity contribution < 1.29 is 4.79 Å². The monoisotopic (exact) mass is 239 g/mol. The van der Waals surface area contributed by atoms with E-state index in [1.807, 2.05) is 19.1 Å². The normalized spacial score (nSPS) is 14.4. The maximum atomic E-state index is 11.7. The summed E-state index contributed by atoms with van der Waals surface area (Å²) < 4.78 is 0. The minimum absolute atomic E-state index is 0.157. The summed E-state index contributed by atoms with van der Waals surface area (Å²) in [5, 5.41) is 0. The van der Waals surface area contributed by atoms with E-state index in [1.165, 1.54) is 0 Å². The van der Waals surface area contributed by atoms with Gasteiger partial charge in [0.25, 0.3) is 0 Å². The molecule has 0 saturated carbocycles. The smallest absolute Gasteiger partial charge is 0.166 e. The minimum Gasteiger partial charge on any atom is -0.294 e. The number of ketones is 1. The Kier molecular flexibility index (Phi) is 2.63. The van der Waals surface area contributed by atoms with Crippen molar-refractivity contribution in [1.82, 2.24) is 15.0 Å². The van der Waals surface area contributed by atoms with Crippen molar-refractivity contribution in [3.05, 3.63) is 41.5 Å². The Balaban J connectivity index is 2.04. The maximum Gasteiger partial charge on any atom is 0.166 e. The Hall–Kier alpha value is -2.10. The van der Waals surface area contributed by atoms with Gasteiger partial charge in [-0.15, -0.1) is 0 Å². The van der Waals surface area contributed by atoms with Crippen molar-refractivity contribution in [2.24, 2.45) is 0 Å². The van der Waals surface area contributed by atoms with E-state index in [2.05, 4.69) is 15.0 Å². The number of nitrogens with zero attached hydrogens (tertiary/aromatic N) is 3. The molecule has 0 spiro atoms. The highest BCUT2D eigenvalue weighted by Gasteiger charge is 2.19. The molecule has 1 aliphatic rings. The predicted octanol–water partition coefficient (Wildman–Crippen LogP) is 2.37. The lowest BCUT2D eigenvalue weighted by Crippen LogP contribution is -2.13. The molecule has 4 heteroatoms. The fourth-order valence-electron chi connectivity index (χ4n) is 2.13. The molecule has 2 aromatic rings. The summed E-state index contributed by atoms with van der Waals surface area (Å²) in [6, 6.07) is 3.89. The molecule has 0 radical (unpaired) electrons. The van der Waals surface area contributed by atoms with Crippen LogP contribution in [-0.2, 0) is 6.42 Å². The first-order valence-electron chi connectivity index (χ1n) is 6.06. The zero-order valence-electron chi connectivity index (χ0n) is 10.2. The Morgan fingerprint density at radius 2 is 2.00 bits per heavy atom. The molecule has 2 heterocycles. The van der Waals surface area contributed by atoms with Crippen LogP contribution in [0.4, 0.5) is 0 Å². The third-order valence-corrected chi connectivity index (χ3v) is 3.16. The third kappa shape index (κ3) is 1.90. The molecule has 2 aromatic heterocycles. The third-order valence-electron chi connectivity index (χ3n) is 3.16. The largest absolute Gasteiger partial charge is 0.294 e. The van der Waals surface area contributed by atoms with Crippen LogP contribution in [0.3, 0.4) is 0 Å². The number of aryl methyl sites for hydroxylation is 2. The van der Waals surface area contributed by atoms with Gasteiger partial charge < -0.3 is 0 Å². The lowest BCUT2D eigenvalue weighted by atomic mass is 9.96. The van der Waals surface area contributed by atoms with Crippen molar-refractivity contribution >= 4 is 5.78 Å². The molecule has 0 unspecified atom stereocenters. The van der Waals surface area contributed by atoms with Gasteiger partial charge in [0.05, 0.1) is 11.3 Å². The van der Waals surface area contributed by atoms with Crippen LogP contribution < -0.4 is 0 Å². The Labute approximate surface area is 105 Å². The van der Waals surface area contributed by atoms with Crippen LogP contribution >= 0.6 is 0 Å². The average molecular weight is 239 g/mol. The summed E-state index contributed by atoms with van der Waals surface area (Å²) >= 11 is 0. The molecule has 0 bridgehead atoms. The maximum absolute atomic E-state index is 11.7. The van der Waals surface area contributed by atoms with Crippen molar-refractivity contribution in [1.29, 1.82) is 0 Å². The topological polar surface area (TPSA) is 55.7 Å². The molecule has 0 N–H and O–H groups in total. The molecule has 0 amide bonds. The SMILES string of the molecule is Cc1ccc(-c2ncc3c(n2)CCCC3=O)cn1. The van der Waals surface area contributed by atoms with Crippen LogP contribution in [0, 0.1) is 6.92 Å². The van der Waals surface area contributed by atoms with Gasteiger partial charge in [0.15, 0.2) is 11.6 Å². The number of hydrogen-bond donors (Lipinski definition) is 0. The lowest BCUT2D eigenvalue weighted by Gasteiger charge is -2.13. The van der Waals surface area contributed by atoms with E-state index in [9.17, 15) is 4.79 Å². The molecule has 3 rings (SSSR count). The molecule has 0 aliphatic heterocycles. The van der Waals surface area contributed by atoms with Crippen LogP contribution in [-0.4, -0.2) is 20.7 Å². The zero-order chi connectivity index (χ0) is 12.5. The zero-order valence-corrected chi connectivity index (χ0v) is 10.2. The minimum atomic E-state index is 0.157. The van der Waals surface area contributed by atoms with Crippen LogP contribution in [0.1, 0.15) is 34.6 Å². The second-order valence-corrected chi connectivity index (χ2v) is 4.52. The van der Waals surface area contributed by atoms with E-state index in [-0.39, 0.29) is 5.78 Å². The highest BCUT2D eigenvalue weighted by molar-refractivity contribution is 5.97. The molecule has 90 valence electrons. The van der Waals surface area contributed by atoms with Gasteiger partial charge in [-0.25, -0.2) is 9.97 Å². The second-order valence-electron chi connectivity index (χ2n) is 4.52. The van der Waals surface area contributed by atoms with E-state index in [0.717, 1.165) is 29.8 Å². The van der Waals surface area contributed by atoms with Crippen LogP contribution in [0.25, 0.3) is 11.4 Å². The van der Waals surface area contributed by atoms with Gasteiger partial charge in [0, 0.05) is 30.1 Å². The number of fused-ring (bicyclic) bond motifs is 1. The number of pyridine rings is 1. The Morgan fingerprint density at radius 1 is 1.11 bits per heavy atom. The quantitative estimate of drug-likeness (QED) is 0.766. The van der Waals surface area contributed by atoms with Crippen molar-refractivity contribution in [2.45, 2.75) is 26.2 Å². The summed E-state index contributed by atoms with van der Waals surface area (Å²) in [6.07, 6.45) is 5.77. The summed E-state index contributed by atoms with van der Waals surface area (Å²) in [5.41, 5.74) is 3.41. The van der Waals surface area contributed by atoms with Gasteiger partial charge in [-0.3, -0.25) is 9.78 Å². The molecule has 0 fully saturated rings. The summed E-state index contributed by atoms with van der Waals surface area (Å²) in [7, 11) is 0. The molecule has 0 saturated heterocycles. The van der Waals surface area contributed by atoms with Gasteiger partial charge in [-0.1, -0.05) is 0 Å². The van der Waals surface area contributed by atoms with Gasteiger partial charge in [-0.2, -0.15) is 0 Å². The Morgan fingerprint density at radius 3 is 2.78 bits per heavy atom. The first-order chi connectivity index (χ1) is 8.74. The van der Waals surface area contributed by atoms with Gasteiger partial charge in [0.1, 0.15) is 0 Å². The standard InChI is InChI=1S/C14H13N3O/c1-9-5-6-10(7-15-9)14-16-8-11-12(17-14)3-2-4-13(11)18/h5-8H,2-4H2,1H3. The highest BCUT2D eigenvalue weighted by Crippen LogP contribution is 2.22. The summed E-state index contributed by atoms with van der Waals surface area (Å²) in [4.78, 5) is 24.7. The number of carbonyl (C=O) groups excluding carboxylic acids is 1. The Bertz CT molecular complexity index is 605. The fraction of sp³-hybridized carbons (Fsp3) is 0.286. The van der Waals surface area contributed by atoms with E-state index in [0.29, 0.717) is 17.8 Å². The summed E-state index contributed by atoms with van der Waals surface area (Å²) in [6.45, 7) is 1.94. The van der Waals surface area contributed by atoms with E-state index in [4.69, 9.17) is 0 Å². The molecule has 0 aromatic carbocycles. The fourth-order valence-corrected chi connectivity index (χ4v) is 2.13. The number of rotatable bonds is 1. The van der Waals surface area contributed by atoms with Crippen molar-refractivity contribution in [3.8, 4) is 11.4 Å². The molecular formula is C14H13N3O. The number of Topliss-reactive ketones (excluding diaryl/α,β-unsaturated/α-hetero) is 1. The van der Waals surface area contributed by atoms with Gasteiger partial charge in [-0.05, 0) is 31.9 Å². The number of carbonyl (C=O) groups is 1. The van der Waals surface area contributed by atoms with Crippen molar-refractivity contribution in [3.63, 3.8) is 0 Å². The molecule has 4 nitrogen and oxygen atoms in total. The van der Waals surface area contributed by atoms with E-state index < -0.39 is 0 Å². The molecular weight excluding hydrogens is 226 g/mol. The summed E-state index contributed by atoms with van der Waals surface area (Å²) in [5.74, 6) is 0.806. The molecule has 0 atom stereocenters. The van der Waals surface area contributed by atoms with Crippen LogP contribution in [0.2, 0.25) is 0 Å². The van der Waals surface area contributed by atoms with Crippen LogP contribution in [0.5, 0.6) is 0 Å². The van der Waals surface area contributed by atoms with Crippen molar-refractivity contribution in [2.75, 3.05) is 0 Å². The first-order valence-corrected chi connectivity index (χ1v) is 6.06. The molecule has 18 heavy (non-hydrogen) atoms. The number of hydrogen-bond acceptors (Lipinski definition) is 4. The number of aromatic nitrogens is 3. The van der Waals surface area contributed by atoms with E-state index >= 15 is 0 Å². The molecule has 1 aliphatic carbocycles.